The fourth-order valence-corrected chi connectivity index (χ4v) is 3.08. The Bertz CT molecular complexity index is 1020. The third kappa shape index (κ3) is 5.58. The van der Waals surface area contributed by atoms with Gasteiger partial charge < -0.3 is 0 Å². The number of nitro benzene ring substituents is 1. The average molecular weight is 408 g/mol. The Kier molecular flexibility index (Phi) is 6.41. The lowest BCUT2D eigenvalue weighted by molar-refractivity contribution is -0.384. The molecular formula is C17H17FN4O5S. The van der Waals surface area contributed by atoms with E-state index in [2.05, 4.69) is 10.5 Å². The monoisotopic (exact) mass is 408 g/mol. The summed E-state index contributed by atoms with van der Waals surface area (Å²) >= 11 is 0. The number of hydrogen-bond donors (Lipinski definition) is 1. The number of anilines is 1. The number of sulfonamides is 1. The Morgan fingerprint density at radius 3 is 2.43 bits per heavy atom. The van der Waals surface area contributed by atoms with Crippen LogP contribution >= 0.6 is 0 Å². The quantitative estimate of drug-likeness (QED) is 0.427. The van der Waals surface area contributed by atoms with E-state index in [9.17, 15) is 27.7 Å². The smallest absolute Gasteiger partial charge is 0.269 e. The maximum Gasteiger partial charge on any atom is 0.269 e. The number of nitro groups is 1. The molecule has 2 rings (SSSR count). The molecule has 0 atom stereocenters. The van der Waals surface area contributed by atoms with E-state index in [0.717, 1.165) is 22.7 Å². The zero-order valence-electron chi connectivity index (χ0n) is 15.0. The molecule has 28 heavy (non-hydrogen) atoms. The lowest BCUT2D eigenvalue weighted by atomic mass is 10.1. The van der Waals surface area contributed by atoms with Crippen molar-refractivity contribution >= 4 is 33.0 Å². The first kappa shape index (κ1) is 21.0. The van der Waals surface area contributed by atoms with E-state index >= 15 is 0 Å². The summed E-state index contributed by atoms with van der Waals surface area (Å²) in [6.07, 6.45) is 0.899. The number of hydrazone groups is 1. The largest absolute Gasteiger partial charge is 0.271 e. The summed E-state index contributed by atoms with van der Waals surface area (Å²) in [5.74, 6) is -1.38. The molecule has 1 N–H and O–H groups in total. The minimum absolute atomic E-state index is 0.00807. The Labute approximate surface area is 160 Å². The summed E-state index contributed by atoms with van der Waals surface area (Å²) in [5.41, 5.74) is 3.04. The van der Waals surface area contributed by atoms with Gasteiger partial charge in [0.15, 0.2) is 0 Å². The molecule has 9 nitrogen and oxygen atoms in total. The maximum atomic E-state index is 13.4. The van der Waals surface area contributed by atoms with Crippen molar-refractivity contribution in [3.63, 3.8) is 0 Å². The predicted octanol–water partition coefficient (Wildman–Crippen LogP) is 2.04. The molecule has 0 aliphatic carbocycles. The number of non-ortho nitro benzene ring substituents is 1. The molecular weight excluding hydrogens is 391 g/mol. The number of carbonyl (C=O) groups excluding carboxylic acids is 1. The molecule has 0 saturated carbocycles. The second-order valence-electron chi connectivity index (χ2n) is 5.79. The normalized spacial score (nSPS) is 11.8. The van der Waals surface area contributed by atoms with Crippen LogP contribution in [-0.4, -0.2) is 37.8 Å². The van der Waals surface area contributed by atoms with Crippen molar-refractivity contribution < 1.29 is 22.5 Å². The van der Waals surface area contributed by atoms with Gasteiger partial charge in [0.25, 0.3) is 11.6 Å². The summed E-state index contributed by atoms with van der Waals surface area (Å²) in [4.78, 5) is 22.3. The van der Waals surface area contributed by atoms with Crippen LogP contribution in [-0.2, 0) is 14.8 Å². The van der Waals surface area contributed by atoms with Crippen LogP contribution in [0.25, 0.3) is 0 Å². The van der Waals surface area contributed by atoms with Gasteiger partial charge in [-0.3, -0.25) is 19.2 Å². The van der Waals surface area contributed by atoms with Crippen LogP contribution in [0.3, 0.4) is 0 Å². The Hall–Kier alpha value is -3.34. The molecule has 1 amide bonds. The molecule has 0 bridgehead atoms. The number of benzene rings is 2. The van der Waals surface area contributed by atoms with Gasteiger partial charge in [-0.1, -0.05) is 6.07 Å². The van der Waals surface area contributed by atoms with Crippen LogP contribution in [0.15, 0.2) is 53.6 Å². The van der Waals surface area contributed by atoms with E-state index in [0.29, 0.717) is 11.3 Å². The van der Waals surface area contributed by atoms with E-state index in [4.69, 9.17) is 0 Å². The third-order valence-electron chi connectivity index (χ3n) is 3.63. The first-order valence-electron chi connectivity index (χ1n) is 7.89. The van der Waals surface area contributed by atoms with Gasteiger partial charge in [-0.2, -0.15) is 5.10 Å². The molecule has 0 aliphatic heterocycles. The molecule has 2 aromatic carbocycles. The second kappa shape index (κ2) is 8.57. The van der Waals surface area contributed by atoms with Crippen molar-refractivity contribution in [2.24, 2.45) is 5.10 Å². The zero-order chi connectivity index (χ0) is 20.9. The predicted molar refractivity (Wildman–Crippen MR) is 102 cm³/mol. The highest BCUT2D eigenvalue weighted by Crippen LogP contribution is 2.18. The molecule has 148 valence electrons. The van der Waals surface area contributed by atoms with Crippen molar-refractivity contribution in [2.45, 2.75) is 6.92 Å². The SMILES string of the molecule is C/C(=N/NC(=O)CN(c1cccc(F)c1)S(C)(=O)=O)c1ccc([N+](=O)[O-])cc1. The van der Waals surface area contributed by atoms with E-state index in [1.807, 2.05) is 0 Å². The molecule has 0 unspecified atom stereocenters. The van der Waals surface area contributed by atoms with Gasteiger partial charge in [0.05, 0.1) is 22.6 Å². The van der Waals surface area contributed by atoms with Crippen LogP contribution in [0.1, 0.15) is 12.5 Å². The van der Waals surface area contributed by atoms with Crippen molar-refractivity contribution in [3.05, 3.63) is 70.0 Å². The molecule has 0 radical (unpaired) electrons. The lowest BCUT2D eigenvalue weighted by Gasteiger charge is -2.21. The topological polar surface area (TPSA) is 122 Å². The van der Waals surface area contributed by atoms with Gasteiger partial charge in [-0.05, 0) is 42.8 Å². The van der Waals surface area contributed by atoms with E-state index in [-0.39, 0.29) is 11.4 Å². The first-order chi connectivity index (χ1) is 13.1. The van der Waals surface area contributed by atoms with Crippen LogP contribution in [0.5, 0.6) is 0 Å². The highest BCUT2D eigenvalue weighted by molar-refractivity contribution is 7.92. The average Bonchev–Trinajstić information content (AvgIpc) is 2.63. The third-order valence-corrected chi connectivity index (χ3v) is 4.77. The number of amides is 1. The van der Waals surface area contributed by atoms with Gasteiger partial charge in [-0.25, -0.2) is 18.2 Å². The van der Waals surface area contributed by atoms with Crippen LogP contribution in [0, 0.1) is 15.9 Å². The number of hydrogen-bond acceptors (Lipinski definition) is 6. The number of rotatable bonds is 7. The molecule has 0 heterocycles. The number of nitrogens with zero attached hydrogens (tertiary/aromatic N) is 3. The molecule has 11 heteroatoms. The Morgan fingerprint density at radius 1 is 1.25 bits per heavy atom. The first-order valence-corrected chi connectivity index (χ1v) is 9.74. The molecule has 0 fully saturated rings. The maximum absolute atomic E-state index is 13.4. The summed E-state index contributed by atoms with van der Waals surface area (Å²) in [6, 6.07) is 10.4. The van der Waals surface area contributed by atoms with Crippen molar-refractivity contribution in [2.75, 3.05) is 17.1 Å². The summed E-state index contributed by atoms with van der Waals surface area (Å²) < 4.78 is 38.1. The van der Waals surface area contributed by atoms with Crippen molar-refractivity contribution in [3.8, 4) is 0 Å². The van der Waals surface area contributed by atoms with Gasteiger partial charge >= 0.3 is 0 Å². The molecule has 0 saturated heterocycles. The van der Waals surface area contributed by atoms with E-state index < -0.39 is 33.2 Å². The second-order valence-corrected chi connectivity index (χ2v) is 7.69. The standard InChI is InChI=1S/C17H17FN4O5S/c1-12(13-6-8-15(9-7-13)22(24)25)19-20-17(23)11-21(28(2,26)27)16-5-3-4-14(18)10-16/h3-10H,11H2,1-2H3,(H,20,23)/b19-12-. The van der Waals surface area contributed by atoms with Crippen LogP contribution < -0.4 is 9.73 Å². The lowest BCUT2D eigenvalue weighted by Crippen LogP contribution is -2.39. The molecule has 2 aromatic rings. The fraction of sp³-hybridized carbons (Fsp3) is 0.176. The van der Waals surface area contributed by atoms with Gasteiger partial charge in [-0.15, -0.1) is 0 Å². The minimum Gasteiger partial charge on any atom is -0.271 e. The van der Waals surface area contributed by atoms with Gasteiger partial charge in [0.1, 0.15) is 12.4 Å². The van der Waals surface area contributed by atoms with E-state index in [1.165, 1.54) is 36.4 Å². The molecule has 0 spiro atoms. The van der Waals surface area contributed by atoms with Crippen molar-refractivity contribution in [1.82, 2.24) is 5.43 Å². The van der Waals surface area contributed by atoms with Gasteiger partial charge in [0, 0.05) is 12.1 Å². The highest BCUT2D eigenvalue weighted by atomic mass is 32.2. The summed E-state index contributed by atoms with van der Waals surface area (Å²) in [6.45, 7) is 0.974. The van der Waals surface area contributed by atoms with Gasteiger partial charge in [0.2, 0.25) is 10.0 Å². The fourth-order valence-electron chi connectivity index (χ4n) is 2.23. The number of carbonyl (C=O) groups is 1. The number of halogens is 1. The summed E-state index contributed by atoms with van der Waals surface area (Å²) in [5, 5.41) is 14.5. The van der Waals surface area contributed by atoms with Crippen molar-refractivity contribution in [1.29, 1.82) is 0 Å². The summed E-state index contributed by atoms with van der Waals surface area (Å²) in [7, 11) is -3.84. The Morgan fingerprint density at radius 2 is 1.89 bits per heavy atom. The molecule has 0 aromatic heterocycles. The minimum atomic E-state index is -3.84. The number of nitrogens with one attached hydrogen (secondary N) is 1. The van der Waals surface area contributed by atoms with E-state index in [1.54, 1.807) is 6.92 Å². The zero-order valence-corrected chi connectivity index (χ0v) is 15.8. The Balaban J connectivity index is 2.12. The van der Waals surface area contributed by atoms with Crippen LogP contribution in [0.2, 0.25) is 0 Å². The molecule has 0 aliphatic rings. The van der Waals surface area contributed by atoms with Crippen LogP contribution in [0.4, 0.5) is 15.8 Å². The highest BCUT2D eigenvalue weighted by Gasteiger charge is 2.21.